The van der Waals surface area contributed by atoms with Gasteiger partial charge in [0.25, 0.3) is 0 Å². The van der Waals surface area contributed by atoms with Gasteiger partial charge in [0, 0.05) is 19.6 Å². The molecule has 0 radical (unpaired) electrons. The molecule has 1 aromatic rings. The van der Waals surface area contributed by atoms with Gasteiger partial charge in [-0.25, -0.2) is 9.97 Å². The SMILES string of the molecule is CCCNc1ncnc(N2CCC(CC)C2)c1OC. The first-order chi connectivity index (χ1) is 9.30. The molecule has 19 heavy (non-hydrogen) atoms. The van der Waals surface area contributed by atoms with Crippen molar-refractivity contribution in [3.63, 3.8) is 0 Å². The monoisotopic (exact) mass is 264 g/mol. The van der Waals surface area contributed by atoms with Crippen molar-refractivity contribution >= 4 is 11.6 Å². The summed E-state index contributed by atoms with van der Waals surface area (Å²) >= 11 is 0. The van der Waals surface area contributed by atoms with E-state index in [0.717, 1.165) is 49.4 Å². The van der Waals surface area contributed by atoms with Gasteiger partial charge < -0.3 is 15.0 Å². The van der Waals surface area contributed by atoms with Crippen LogP contribution in [0, 0.1) is 5.92 Å². The standard InChI is InChI=1S/C14H24N4O/c1-4-7-15-13-12(19-3)14(17-10-16-13)18-8-6-11(5-2)9-18/h10-11H,4-9H2,1-3H3,(H,15,16,17). The molecule has 2 rings (SSSR count). The van der Waals surface area contributed by atoms with Gasteiger partial charge in [0.15, 0.2) is 11.6 Å². The second-order valence-electron chi connectivity index (χ2n) is 5.01. The zero-order chi connectivity index (χ0) is 13.7. The Hall–Kier alpha value is -1.52. The molecule has 1 aliphatic heterocycles. The zero-order valence-electron chi connectivity index (χ0n) is 12.1. The van der Waals surface area contributed by atoms with Crippen LogP contribution >= 0.6 is 0 Å². The summed E-state index contributed by atoms with van der Waals surface area (Å²) in [6, 6.07) is 0. The lowest BCUT2D eigenvalue weighted by Crippen LogP contribution is -2.22. The van der Waals surface area contributed by atoms with Crippen molar-refractivity contribution in [2.45, 2.75) is 33.1 Å². The molecular weight excluding hydrogens is 240 g/mol. The number of ether oxygens (including phenoxy) is 1. The topological polar surface area (TPSA) is 50.3 Å². The van der Waals surface area contributed by atoms with E-state index in [0.29, 0.717) is 0 Å². The molecule has 0 spiro atoms. The van der Waals surface area contributed by atoms with E-state index in [4.69, 9.17) is 4.74 Å². The number of hydrogen-bond acceptors (Lipinski definition) is 5. The molecule has 5 heteroatoms. The molecule has 106 valence electrons. The lowest BCUT2D eigenvalue weighted by atomic mass is 10.1. The highest BCUT2D eigenvalue weighted by Crippen LogP contribution is 2.35. The number of aromatic nitrogens is 2. The van der Waals surface area contributed by atoms with E-state index in [9.17, 15) is 0 Å². The molecule has 5 nitrogen and oxygen atoms in total. The largest absolute Gasteiger partial charge is 0.490 e. The van der Waals surface area contributed by atoms with E-state index in [1.807, 2.05) is 0 Å². The van der Waals surface area contributed by atoms with E-state index >= 15 is 0 Å². The van der Waals surface area contributed by atoms with Gasteiger partial charge in [-0.1, -0.05) is 20.3 Å². The predicted molar refractivity (Wildman–Crippen MR) is 78.0 cm³/mol. The third kappa shape index (κ3) is 3.08. The first-order valence-corrected chi connectivity index (χ1v) is 7.17. The molecular formula is C14H24N4O. The average Bonchev–Trinajstić information content (AvgIpc) is 2.93. The Morgan fingerprint density at radius 3 is 2.89 bits per heavy atom. The summed E-state index contributed by atoms with van der Waals surface area (Å²) in [7, 11) is 1.69. The molecule has 2 heterocycles. The first kappa shape index (κ1) is 13.9. The third-order valence-electron chi connectivity index (χ3n) is 3.69. The molecule has 1 aromatic heterocycles. The maximum Gasteiger partial charge on any atom is 0.204 e. The van der Waals surface area contributed by atoms with Crippen molar-refractivity contribution in [3.8, 4) is 5.75 Å². The van der Waals surface area contributed by atoms with Gasteiger partial charge in [0.1, 0.15) is 6.33 Å². The number of anilines is 2. The Balaban J connectivity index is 2.20. The smallest absolute Gasteiger partial charge is 0.204 e. The molecule has 1 aliphatic rings. The molecule has 0 aromatic carbocycles. The van der Waals surface area contributed by atoms with Crippen LogP contribution in [0.4, 0.5) is 11.6 Å². The molecule has 0 bridgehead atoms. The molecule has 0 aliphatic carbocycles. The predicted octanol–water partition coefficient (Wildman–Crippen LogP) is 2.54. The summed E-state index contributed by atoms with van der Waals surface area (Å²) in [5.74, 6) is 3.26. The van der Waals surface area contributed by atoms with Crippen LogP contribution in [-0.4, -0.2) is 36.7 Å². The number of nitrogens with one attached hydrogen (secondary N) is 1. The quantitative estimate of drug-likeness (QED) is 0.855. The average molecular weight is 264 g/mol. The Bertz CT molecular complexity index is 410. The van der Waals surface area contributed by atoms with Gasteiger partial charge in [-0.15, -0.1) is 0 Å². The van der Waals surface area contributed by atoms with Crippen LogP contribution in [-0.2, 0) is 0 Å². The number of hydrogen-bond donors (Lipinski definition) is 1. The second-order valence-corrected chi connectivity index (χ2v) is 5.01. The summed E-state index contributed by atoms with van der Waals surface area (Å²) in [6.45, 7) is 7.40. The highest BCUT2D eigenvalue weighted by molar-refractivity contribution is 5.65. The normalized spacial score (nSPS) is 18.7. The van der Waals surface area contributed by atoms with E-state index in [1.165, 1.54) is 12.8 Å². The molecule has 0 amide bonds. The Kier molecular flexibility index (Phi) is 4.82. The van der Waals surface area contributed by atoms with Gasteiger partial charge >= 0.3 is 0 Å². The van der Waals surface area contributed by atoms with E-state index in [1.54, 1.807) is 13.4 Å². The molecule has 1 unspecified atom stereocenters. The minimum absolute atomic E-state index is 0.770. The summed E-state index contributed by atoms with van der Waals surface area (Å²) < 4.78 is 5.53. The summed E-state index contributed by atoms with van der Waals surface area (Å²) in [4.78, 5) is 11.0. The number of rotatable bonds is 6. The van der Waals surface area contributed by atoms with Crippen molar-refractivity contribution < 1.29 is 4.74 Å². The van der Waals surface area contributed by atoms with Crippen LogP contribution in [0.25, 0.3) is 0 Å². The van der Waals surface area contributed by atoms with E-state index in [2.05, 4.69) is 34.0 Å². The Morgan fingerprint density at radius 1 is 1.42 bits per heavy atom. The van der Waals surface area contributed by atoms with Crippen LogP contribution in [0.1, 0.15) is 33.1 Å². The second kappa shape index (κ2) is 6.59. The van der Waals surface area contributed by atoms with Gasteiger partial charge in [0.05, 0.1) is 7.11 Å². The van der Waals surface area contributed by atoms with Crippen LogP contribution in [0.2, 0.25) is 0 Å². The maximum atomic E-state index is 5.53. The Labute approximate surface area is 115 Å². The molecule has 1 N–H and O–H groups in total. The minimum atomic E-state index is 0.770. The lowest BCUT2D eigenvalue weighted by Gasteiger charge is -2.21. The highest BCUT2D eigenvalue weighted by atomic mass is 16.5. The fourth-order valence-corrected chi connectivity index (χ4v) is 2.51. The van der Waals surface area contributed by atoms with Crippen LogP contribution in [0.5, 0.6) is 5.75 Å². The van der Waals surface area contributed by atoms with Gasteiger partial charge in [-0.3, -0.25) is 0 Å². The molecule has 1 atom stereocenters. The van der Waals surface area contributed by atoms with Crippen LogP contribution in [0.3, 0.4) is 0 Å². The zero-order valence-corrected chi connectivity index (χ0v) is 12.1. The number of nitrogens with zero attached hydrogens (tertiary/aromatic N) is 3. The van der Waals surface area contributed by atoms with Crippen molar-refractivity contribution in [2.24, 2.45) is 5.92 Å². The molecule has 1 fully saturated rings. The van der Waals surface area contributed by atoms with E-state index < -0.39 is 0 Å². The lowest BCUT2D eigenvalue weighted by molar-refractivity contribution is 0.412. The van der Waals surface area contributed by atoms with Gasteiger partial charge in [0.2, 0.25) is 5.75 Å². The summed E-state index contributed by atoms with van der Waals surface area (Å²) in [6.07, 6.45) is 5.14. The molecule has 1 saturated heterocycles. The van der Waals surface area contributed by atoms with Gasteiger partial charge in [-0.2, -0.15) is 0 Å². The maximum absolute atomic E-state index is 5.53. The first-order valence-electron chi connectivity index (χ1n) is 7.17. The van der Waals surface area contributed by atoms with Crippen molar-refractivity contribution in [2.75, 3.05) is 37.0 Å². The van der Waals surface area contributed by atoms with Crippen LogP contribution < -0.4 is 15.0 Å². The van der Waals surface area contributed by atoms with Crippen molar-refractivity contribution in [1.82, 2.24) is 9.97 Å². The number of methoxy groups -OCH3 is 1. The van der Waals surface area contributed by atoms with E-state index in [-0.39, 0.29) is 0 Å². The summed E-state index contributed by atoms with van der Waals surface area (Å²) in [5, 5.41) is 3.30. The fourth-order valence-electron chi connectivity index (χ4n) is 2.51. The Morgan fingerprint density at radius 2 is 2.26 bits per heavy atom. The van der Waals surface area contributed by atoms with Crippen LogP contribution in [0.15, 0.2) is 6.33 Å². The fraction of sp³-hybridized carbons (Fsp3) is 0.714. The highest BCUT2D eigenvalue weighted by Gasteiger charge is 2.25. The van der Waals surface area contributed by atoms with Gasteiger partial charge in [-0.05, 0) is 18.8 Å². The van der Waals surface area contributed by atoms with Crippen molar-refractivity contribution in [3.05, 3.63) is 6.33 Å². The van der Waals surface area contributed by atoms with Crippen molar-refractivity contribution in [1.29, 1.82) is 0 Å². The molecule has 0 saturated carbocycles. The summed E-state index contributed by atoms with van der Waals surface area (Å²) in [5.41, 5.74) is 0. The minimum Gasteiger partial charge on any atom is -0.490 e. The third-order valence-corrected chi connectivity index (χ3v) is 3.69.